The minimum absolute atomic E-state index is 0.108. The van der Waals surface area contributed by atoms with Crippen LogP contribution in [0.25, 0.3) is 0 Å². The van der Waals surface area contributed by atoms with Crippen molar-refractivity contribution >= 4 is 11.9 Å². The summed E-state index contributed by atoms with van der Waals surface area (Å²) in [6, 6.07) is 0. The highest BCUT2D eigenvalue weighted by Crippen LogP contribution is 1.90. The minimum Gasteiger partial charge on any atom is -0.481 e. The molecular formula is C9H14N2O3. The summed E-state index contributed by atoms with van der Waals surface area (Å²) in [5.74, 6) is 0.559. The average molecular weight is 198 g/mol. The Morgan fingerprint density at radius 2 is 2.21 bits per heavy atom. The Balaban J connectivity index is 3.54. The number of hydrogen-bond acceptors (Lipinski definition) is 3. The van der Waals surface area contributed by atoms with Gasteiger partial charge in [0.15, 0.2) is 0 Å². The van der Waals surface area contributed by atoms with Gasteiger partial charge >= 0.3 is 5.97 Å². The van der Waals surface area contributed by atoms with Gasteiger partial charge in [0.1, 0.15) is 0 Å². The molecule has 0 rings (SSSR count). The first-order valence-electron chi connectivity index (χ1n) is 4.21. The van der Waals surface area contributed by atoms with E-state index in [4.69, 9.17) is 11.5 Å². The van der Waals surface area contributed by atoms with E-state index in [0.29, 0.717) is 6.54 Å². The van der Waals surface area contributed by atoms with Crippen LogP contribution in [0.15, 0.2) is 0 Å². The fourth-order valence-corrected chi connectivity index (χ4v) is 0.665. The van der Waals surface area contributed by atoms with Gasteiger partial charge in [-0.2, -0.15) is 0 Å². The molecule has 0 saturated heterocycles. The van der Waals surface area contributed by atoms with Crippen molar-refractivity contribution in [3.05, 3.63) is 0 Å². The Morgan fingerprint density at radius 1 is 1.57 bits per heavy atom. The van der Waals surface area contributed by atoms with Crippen LogP contribution in [0.3, 0.4) is 0 Å². The summed E-state index contributed by atoms with van der Waals surface area (Å²) < 4.78 is 0. The molecule has 3 N–H and O–H groups in total. The van der Waals surface area contributed by atoms with E-state index in [2.05, 4.69) is 16.6 Å². The summed E-state index contributed by atoms with van der Waals surface area (Å²) in [4.78, 5) is 21.4. The third-order valence-electron chi connectivity index (χ3n) is 1.54. The quantitative estimate of drug-likeness (QED) is 0.379. The monoisotopic (exact) mass is 198 g/mol. The molecular weight excluding hydrogens is 184 g/mol. The summed E-state index contributed by atoms with van der Waals surface area (Å²) in [6.45, 7) is 2.09. The lowest BCUT2D eigenvalue weighted by molar-refractivity contribution is -0.141. The number of hydrogen-bond donors (Lipinski definition) is 3. The molecule has 0 bridgehead atoms. The second-order valence-electron chi connectivity index (χ2n) is 2.85. The zero-order valence-corrected chi connectivity index (χ0v) is 8.04. The molecule has 0 spiro atoms. The topological polar surface area (TPSA) is 78.4 Å². The van der Waals surface area contributed by atoms with E-state index >= 15 is 0 Å². The number of terminal acetylenes is 1. The molecule has 0 aromatic rings. The van der Waals surface area contributed by atoms with Crippen molar-refractivity contribution in [2.75, 3.05) is 19.6 Å². The van der Waals surface area contributed by atoms with Crippen LogP contribution in [0.1, 0.15) is 6.92 Å². The van der Waals surface area contributed by atoms with Gasteiger partial charge in [0, 0.05) is 6.54 Å². The van der Waals surface area contributed by atoms with Gasteiger partial charge in [-0.15, -0.1) is 6.42 Å². The molecule has 78 valence electrons. The van der Waals surface area contributed by atoms with Gasteiger partial charge in [-0.1, -0.05) is 12.8 Å². The Hall–Kier alpha value is -1.54. The third kappa shape index (κ3) is 6.03. The van der Waals surface area contributed by atoms with Crippen LogP contribution >= 0.6 is 0 Å². The maximum Gasteiger partial charge on any atom is 0.308 e. The zero-order chi connectivity index (χ0) is 11.0. The van der Waals surface area contributed by atoms with Crippen LogP contribution < -0.4 is 10.6 Å². The Bertz CT molecular complexity index is 245. The predicted molar refractivity (Wildman–Crippen MR) is 51.5 cm³/mol. The Morgan fingerprint density at radius 3 is 2.71 bits per heavy atom. The van der Waals surface area contributed by atoms with Crippen LogP contribution in [0, 0.1) is 18.3 Å². The second kappa shape index (κ2) is 6.92. The lowest BCUT2D eigenvalue weighted by Gasteiger charge is -2.07. The molecule has 14 heavy (non-hydrogen) atoms. The van der Waals surface area contributed by atoms with E-state index in [-0.39, 0.29) is 19.0 Å². The van der Waals surface area contributed by atoms with E-state index < -0.39 is 11.9 Å². The number of amides is 1. The molecule has 1 atom stereocenters. The van der Waals surface area contributed by atoms with Crippen molar-refractivity contribution in [3.8, 4) is 12.3 Å². The van der Waals surface area contributed by atoms with Crippen molar-refractivity contribution in [3.63, 3.8) is 0 Å². The SMILES string of the molecule is C#CCNCC(=O)NCC(C)C(=O)O. The molecule has 0 aromatic heterocycles. The average Bonchev–Trinajstić information content (AvgIpc) is 2.14. The second-order valence-corrected chi connectivity index (χ2v) is 2.85. The smallest absolute Gasteiger partial charge is 0.308 e. The zero-order valence-electron chi connectivity index (χ0n) is 8.04. The summed E-state index contributed by atoms with van der Waals surface area (Å²) >= 11 is 0. The molecule has 5 heteroatoms. The molecule has 0 fully saturated rings. The van der Waals surface area contributed by atoms with Gasteiger partial charge in [-0.05, 0) is 0 Å². The normalized spacial score (nSPS) is 11.4. The van der Waals surface area contributed by atoms with Gasteiger partial charge in [0.25, 0.3) is 0 Å². The van der Waals surface area contributed by atoms with E-state index in [1.54, 1.807) is 0 Å². The van der Waals surface area contributed by atoms with Crippen molar-refractivity contribution < 1.29 is 14.7 Å². The molecule has 1 amide bonds. The molecule has 0 aromatic carbocycles. The maximum atomic E-state index is 11.0. The number of aliphatic carboxylic acids is 1. The highest BCUT2D eigenvalue weighted by Gasteiger charge is 2.11. The molecule has 0 aliphatic rings. The molecule has 0 aliphatic heterocycles. The Kier molecular flexibility index (Phi) is 6.16. The largest absolute Gasteiger partial charge is 0.481 e. The van der Waals surface area contributed by atoms with Crippen molar-refractivity contribution in [2.45, 2.75) is 6.92 Å². The summed E-state index contributed by atoms with van der Waals surface area (Å²) in [7, 11) is 0. The van der Waals surface area contributed by atoms with Crippen LogP contribution in [0.5, 0.6) is 0 Å². The lowest BCUT2D eigenvalue weighted by Crippen LogP contribution is -2.37. The highest BCUT2D eigenvalue weighted by molar-refractivity contribution is 5.79. The fraction of sp³-hybridized carbons (Fsp3) is 0.556. The molecule has 1 unspecified atom stereocenters. The van der Waals surface area contributed by atoms with Crippen LogP contribution in [0.2, 0.25) is 0 Å². The summed E-state index contributed by atoms with van der Waals surface area (Å²) in [5.41, 5.74) is 0. The first-order valence-corrected chi connectivity index (χ1v) is 4.21. The molecule has 0 radical (unpaired) electrons. The molecule has 0 aliphatic carbocycles. The molecule has 0 saturated carbocycles. The predicted octanol–water partition coefficient (Wildman–Crippen LogP) is -0.954. The summed E-state index contributed by atoms with van der Waals surface area (Å²) in [6.07, 6.45) is 4.95. The van der Waals surface area contributed by atoms with Crippen LogP contribution in [0.4, 0.5) is 0 Å². The standard InChI is InChI=1S/C9H14N2O3/c1-3-4-10-6-8(12)11-5-7(2)9(13)14/h1,7,10H,4-6H2,2H3,(H,11,12)(H,13,14). The first kappa shape index (κ1) is 12.5. The number of carboxylic acid groups (broad SMARTS) is 1. The first-order chi connectivity index (χ1) is 6.57. The van der Waals surface area contributed by atoms with Crippen molar-refractivity contribution in [1.82, 2.24) is 10.6 Å². The van der Waals surface area contributed by atoms with Gasteiger partial charge < -0.3 is 10.4 Å². The fourth-order valence-electron chi connectivity index (χ4n) is 0.665. The number of carbonyl (C=O) groups is 2. The maximum absolute atomic E-state index is 11.0. The van der Waals surface area contributed by atoms with E-state index in [1.165, 1.54) is 6.92 Å². The van der Waals surface area contributed by atoms with Gasteiger partial charge in [-0.3, -0.25) is 14.9 Å². The lowest BCUT2D eigenvalue weighted by atomic mass is 10.2. The van der Waals surface area contributed by atoms with E-state index in [1.807, 2.05) is 0 Å². The van der Waals surface area contributed by atoms with Gasteiger partial charge in [-0.25, -0.2) is 0 Å². The van der Waals surface area contributed by atoms with Gasteiger partial charge in [0.05, 0.1) is 19.0 Å². The molecule has 5 nitrogen and oxygen atoms in total. The minimum atomic E-state index is -0.929. The number of carbonyl (C=O) groups excluding carboxylic acids is 1. The van der Waals surface area contributed by atoms with Gasteiger partial charge in [0.2, 0.25) is 5.91 Å². The van der Waals surface area contributed by atoms with Crippen LogP contribution in [-0.4, -0.2) is 36.6 Å². The van der Waals surface area contributed by atoms with E-state index in [9.17, 15) is 9.59 Å². The molecule has 0 heterocycles. The number of nitrogens with one attached hydrogen (secondary N) is 2. The number of carboxylic acids is 1. The van der Waals surface area contributed by atoms with E-state index in [0.717, 1.165) is 0 Å². The van der Waals surface area contributed by atoms with Crippen molar-refractivity contribution in [1.29, 1.82) is 0 Å². The van der Waals surface area contributed by atoms with Crippen LogP contribution in [-0.2, 0) is 9.59 Å². The number of rotatable bonds is 6. The Labute approximate surface area is 82.9 Å². The third-order valence-corrected chi connectivity index (χ3v) is 1.54. The summed E-state index contributed by atoms with van der Waals surface area (Å²) in [5, 5.41) is 13.7. The highest BCUT2D eigenvalue weighted by atomic mass is 16.4. The van der Waals surface area contributed by atoms with Crippen molar-refractivity contribution in [2.24, 2.45) is 5.92 Å².